The number of hydrogen-bond donors (Lipinski definition) is 1. The average molecular weight is 421 g/mol. The van der Waals surface area contributed by atoms with Gasteiger partial charge in [-0.3, -0.25) is 0 Å². The predicted molar refractivity (Wildman–Crippen MR) is 127 cm³/mol. The number of anilines is 1. The molecule has 0 saturated heterocycles. The van der Waals surface area contributed by atoms with Gasteiger partial charge in [0, 0.05) is 17.2 Å². The number of quaternary nitrogens is 1. The van der Waals surface area contributed by atoms with Crippen LogP contribution < -0.4 is 15.2 Å². The minimum atomic E-state index is 0.493. The number of hydrogen-bond acceptors (Lipinski definition) is 4. The van der Waals surface area contributed by atoms with E-state index in [2.05, 4.69) is 49.2 Å². The quantitative estimate of drug-likeness (QED) is 0.435. The number of pyridine rings is 1. The van der Waals surface area contributed by atoms with Gasteiger partial charge in [0.05, 0.1) is 25.4 Å². The average Bonchev–Trinajstić information content (AvgIpc) is 2.79. The molecule has 0 radical (unpaired) electrons. The summed E-state index contributed by atoms with van der Waals surface area (Å²) in [6.45, 7) is 11.8. The van der Waals surface area contributed by atoms with E-state index in [0.29, 0.717) is 19.0 Å². The maximum atomic E-state index is 6.16. The van der Waals surface area contributed by atoms with Crippen molar-refractivity contribution in [3.8, 4) is 22.8 Å². The molecule has 3 rings (SSSR count). The summed E-state index contributed by atoms with van der Waals surface area (Å²) in [6.07, 6.45) is 0. The van der Waals surface area contributed by atoms with Crippen LogP contribution in [0.5, 0.6) is 11.5 Å². The maximum absolute atomic E-state index is 6.16. The zero-order chi connectivity index (χ0) is 22.1. The van der Waals surface area contributed by atoms with Crippen LogP contribution in [0.2, 0.25) is 0 Å². The summed E-state index contributed by atoms with van der Waals surface area (Å²) in [4.78, 5) is 4.43. The summed E-state index contributed by atoms with van der Waals surface area (Å²) in [5.41, 5.74) is 8.94. The molecule has 0 bridgehead atoms. The first-order chi connectivity index (χ1) is 15.1. The first-order valence-electron chi connectivity index (χ1n) is 11.1. The molecule has 0 spiro atoms. The van der Waals surface area contributed by atoms with Gasteiger partial charge in [-0.25, -0.2) is 4.98 Å². The molecule has 0 aliphatic heterocycles. The van der Waals surface area contributed by atoms with Gasteiger partial charge in [-0.15, -0.1) is 0 Å². The molecule has 31 heavy (non-hydrogen) atoms. The largest absolute Gasteiger partial charge is 0.493 e. The predicted octanol–water partition coefficient (Wildman–Crippen LogP) is 5.17. The van der Waals surface area contributed by atoms with Gasteiger partial charge in [0.25, 0.3) is 0 Å². The first kappa shape index (κ1) is 22.6. The summed E-state index contributed by atoms with van der Waals surface area (Å²) >= 11 is 0. The van der Waals surface area contributed by atoms with Crippen LogP contribution in [0.3, 0.4) is 0 Å². The van der Waals surface area contributed by atoms with Gasteiger partial charge in [0.2, 0.25) is 0 Å². The van der Waals surface area contributed by atoms with Gasteiger partial charge in [0.15, 0.2) is 0 Å². The number of nitrogen functional groups attached to an aromatic ring is 1. The van der Waals surface area contributed by atoms with E-state index in [1.165, 1.54) is 5.56 Å². The van der Waals surface area contributed by atoms with Crippen LogP contribution in [0.1, 0.15) is 26.3 Å². The van der Waals surface area contributed by atoms with Crippen molar-refractivity contribution in [2.24, 2.45) is 0 Å². The Bertz CT molecular complexity index is 956. The Balaban J connectivity index is 1.71. The van der Waals surface area contributed by atoms with Gasteiger partial charge in [0.1, 0.15) is 37.0 Å². The Morgan fingerprint density at radius 3 is 2.32 bits per heavy atom. The van der Waals surface area contributed by atoms with Crippen molar-refractivity contribution in [1.29, 1.82) is 0 Å². The van der Waals surface area contributed by atoms with Crippen LogP contribution >= 0.6 is 0 Å². The van der Waals surface area contributed by atoms with Crippen molar-refractivity contribution in [2.75, 3.05) is 38.6 Å². The standard InChI is InChI=1S/C26H34N3O2/c1-4-29(5-2,20-21-11-8-7-9-12-21)17-18-31-22-15-16-23(25(19-22)30-6-3)24-13-10-14-26(27)28-24/h7-16,19H,4-6,17-18,20H2,1-3H3,(H2,27,28)/q+1. The third kappa shape index (κ3) is 5.98. The highest BCUT2D eigenvalue weighted by Crippen LogP contribution is 2.33. The Kier molecular flexibility index (Phi) is 7.90. The van der Waals surface area contributed by atoms with Crippen LogP contribution in [-0.4, -0.2) is 42.3 Å². The first-order valence-corrected chi connectivity index (χ1v) is 11.1. The Morgan fingerprint density at radius 2 is 1.65 bits per heavy atom. The third-order valence-corrected chi connectivity index (χ3v) is 5.84. The summed E-state index contributed by atoms with van der Waals surface area (Å²) in [7, 11) is 0. The van der Waals surface area contributed by atoms with Crippen molar-refractivity contribution >= 4 is 5.82 Å². The molecular weight excluding hydrogens is 386 g/mol. The second-order valence-corrected chi connectivity index (χ2v) is 7.73. The molecule has 0 atom stereocenters. The Morgan fingerprint density at radius 1 is 0.871 bits per heavy atom. The molecule has 0 saturated carbocycles. The number of rotatable bonds is 11. The van der Waals surface area contributed by atoms with E-state index >= 15 is 0 Å². The van der Waals surface area contributed by atoms with E-state index in [9.17, 15) is 0 Å². The highest BCUT2D eigenvalue weighted by molar-refractivity contribution is 5.69. The second kappa shape index (κ2) is 10.8. The van der Waals surface area contributed by atoms with E-state index in [4.69, 9.17) is 15.2 Å². The number of ether oxygens (including phenoxy) is 2. The fourth-order valence-electron chi connectivity index (χ4n) is 3.85. The minimum absolute atomic E-state index is 0.493. The van der Waals surface area contributed by atoms with E-state index in [1.54, 1.807) is 6.07 Å². The van der Waals surface area contributed by atoms with Gasteiger partial charge in [-0.2, -0.15) is 0 Å². The zero-order valence-corrected chi connectivity index (χ0v) is 18.9. The fourth-order valence-corrected chi connectivity index (χ4v) is 3.85. The lowest BCUT2D eigenvalue weighted by Gasteiger charge is -2.37. The third-order valence-electron chi connectivity index (χ3n) is 5.84. The van der Waals surface area contributed by atoms with Crippen LogP contribution in [0.25, 0.3) is 11.3 Å². The molecular formula is C26H34N3O2+. The Labute approximate surface area is 186 Å². The highest BCUT2D eigenvalue weighted by atomic mass is 16.5. The van der Waals surface area contributed by atoms with Crippen molar-refractivity contribution in [1.82, 2.24) is 4.98 Å². The molecule has 2 N–H and O–H groups in total. The van der Waals surface area contributed by atoms with Gasteiger partial charge in [-0.05, 0) is 45.0 Å². The topological polar surface area (TPSA) is 57.4 Å². The molecule has 0 fully saturated rings. The zero-order valence-electron chi connectivity index (χ0n) is 18.9. The molecule has 3 aromatic rings. The Hall–Kier alpha value is -3.05. The van der Waals surface area contributed by atoms with Crippen LogP contribution in [0, 0.1) is 0 Å². The van der Waals surface area contributed by atoms with Crippen molar-refractivity contribution in [2.45, 2.75) is 27.3 Å². The van der Waals surface area contributed by atoms with E-state index in [-0.39, 0.29) is 0 Å². The molecule has 164 valence electrons. The molecule has 0 aliphatic carbocycles. The van der Waals surface area contributed by atoms with Gasteiger partial charge in [-0.1, -0.05) is 36.4 Å². The molecule has 0 amide bonds. The van der Waals surface area contributed by atoms with Crippen molar-refractivity contribution in [3.63, 3.8) is 0 Å². The molecule has 1 aromatic heterocycles. The van der Waals surface area contributed by atoms with E-state index in [1.807, 2.05) is 37.3 Å². The summed E-state index contributed by atoms with van der Waals surface area (Å²) in [5.74, 6) is 2.06. The van der Waals surface area contributed by atoms with Crippen LogP contribution in [0.4, 0.5) is 5.82 Å². The van der Waals surface area contributed by atoms with Gasteiger partial charge >= 0.3 is 0 Å². The minimum Gasteiger partial charge on any atom is -0.493 e. The lowest BCUT2D eigenvalue weighted by atomic mass is 10.1. The van der Waals surface area contributed by atoms with Crippen molar-refractivity contribution < 1.29 is 14.0 Å². The highest BCUT2D eigenvalue weighted by Gasteiger charge is 2.24. The molecule has 0 aliphatic rings. The normalized spacial score (nSPS) is 11.3. The number of aromatic nitrogens is 1. The van der Waals surface area contributed by atoms with Crippen molar-refractivity contribution in [3.05, 3.63) is 72.3 Å². The smallest absolute Gasteiger partial charge is 0.137 e. The van der Waals surface area contributed by atoms with Crippen LogP contribution in [0.15, 0.2) is 66.7 Å². The SMILES string of the molecule is CCOc1cc(OCC[N+](CC)(CC)Cc2ccccc2)ccc1-c1cccc(N)n1. The summed E-state index contributed by atoms with van der Waals surface area (Å²) < 4.78 is 13.0. The number of benzene rings is 2. The molecule has 2 aromatic carbocycles. The van der Waals surface area contributed by atoms with E-state index in [0.717, 1.165) is 53.4 Å². The molecule has 1 heterocycles. The second-order valence-electron chi connectivity index (χ2n) is 7.73. The summed E-state index contributed by atoms with van der Waals surface area (Å²) in [5, 5.41) is 0. The number of nitrogens with two attached hydrogens (primary N) is 1. The lowest BCUT2D eigenvalue weighted by molar-refractivity contribution is -0.937. The molecule has 5 nitrogen and oxygen atoms in total. The number of likely N-dealkylation sites (N-methyl/N-ethyl adjacent to an activating group) is 1. The molecule has 0 unspecified atom stereocenters. The van der Waals surface area contributed by atoms with Crippen LogP contribution in [-0.2, 0) is 6.54 Å². The lowest BCUT2D eigenvalue weighted by Crippen LogP contribution is -2.49. The van der Waals surface area contributed by atoms with Gasteiger partial charge < -0.3 is 19.7 Å². The monoisotopic (exact) mass is 420 g/mol. The number of nitrogens with zero attached hydrogens (tertiary/aromatic N) is 2. The fraction of sp³-hybridized carbons (Fsp3) is 0.346. The molecule has 5 heteroatoms. The van der Waals surface area contributed by atoms with E-state index < -0.39 is 0 Å². The summed E-state index contributed by atoms with van der Waals surface area (Å²) in [6, 6.07) is 22.2. The maximum Gasteiger partial charge on any atom is 0.137 e.